The summed E-state index contributed by atoms with van der Waals surface area (Å²) in [5.74, 6) is 0. The molecule has 1 aromatic carbocycles. The van der Waals surface area contributed by atoms with Crippen molar-refractivity contribution >= 4 is 0 Å². The third-order valence-corrected chi connectivity index (χ3v) is 4.06. The first-order valence-electron chi connectivity index (χ1n) is 7.50. The van der Waals surface area contributed by atoms with Gasteiger partial charge in [0.05, 0.1) is 17.6 Å². The summed E-state index contributed by atoms with van der Waals surface area (Å²) >= 11 is 0. The fourth-order valence-corrected chi connectivity index (χ4v) is 2.59. The Bertz CT molecular complexity index is 441. The van der Waals surface area contributed by atoms with Gasteiger partial charge in [-0.3, -0.25) is 0 Å². The van der Waals surface area contributed by atoms with E-state index in [-0.39, 0.29) is 11.5 Å². The van der Waals surface area contributed by atoms with Gasteiger partial charge in [-0.2, -0.15) is 5.26 Å². The van der Waals surface area contributed by atoms with Gasteiger partial charge in [0, 0.05) is 0 Å². The quantitative estimate of drug-likeness (QED) is 0.833. The molecule has 0 aliphatic heterocycles. The van der Waals surface area contributed by atoms with Crippen LogP contribution in [0.1, 0.15) is 58.9 Å². The molecular weight excluding hydrogens is 246 g/mol. The van der Waals surface area contributed by atoms with E-state index in [4.69, 9.17) is 0 Å². The second kappa shape index (κ2) is 6.90. The maximum Gasteiger partial charge on any atom is 0.0823 e. The Balaban J connectivity index is 2.94. The highest BCUT2D eigenvalue weighted by Gasteiger charge is 2.33. The van der Waals surface area contributed by atoms with Crippen LogP contribution in [0.5, 0.6) is 0 Å². The smallest absolute Gasteiger partial charge is 0.0823 e. The monoisotopic (exact) mass is 273 g/mol. The number of aliphatic hydroxyl groups is 1. The Hall–Kier alpha value is -1.33. The summed E-state index contributed by atoms with van der Waals surface area (Å²) in [6.45, 7) is 8.21. The van der Waals surface area contributed by atoms with Crippen LogP contribution in [0.4, 0.5) is 0 Å². The van der Waals surface area contributed by atoms with Gasteiger partial charge in [0.25, 0.3) is 0 Å². The lowest BCUT2D eigenvalue weighted by atomic mass is 9.72. The summed E-state index contributed by atoms with van der Waals surface area (Å²) in [6.07, 6.45) is 2.79. The van der Waals surface area contributed by atoms with Crippen LogP contribution in [0.25, 0.3) is 0 Å². The number of hydrogen-bond donors (Lipinski definition) is 1. The summed E-state index contributed by atoms with van der Waals surface area (Å²) in [4.78, 5) is 0. The minimum absolute atomic E-state index is 0.135. The molecule has 20 heavy (non-hydrogen) atoms. The normalized spacial score (nSPS) is 16.2. The van der Waals surface area contributed by atoms with Crippen molar-refractivity contribution in [3.63, 3.8) is 0 Å². The van der Waals surface area contributed by atoms with E-state index in [1.165, 1.54) is 0 Å². The third-order valence-electron chi connectivity index (χ3n) is 4.06. The summed E-state index contributed by atoms with van der Waals surface area (Å²) in [5, 5.41) is 20.0. The standard InChI is InChI=1S/C18H27NO/c1-5-12-18(14-19,15-9-7-6-8-10-15)13-11-16(20)17(2,3)4/h6-10,16,20H,5,11-13H2,1-4H3/t16-,18-/m0/s1. The average Bonchev–Trinajstić information content (AvgIpc) is 2.43. The van der Waals surface area contributed by atoms with Gasteiger partial charge in [0.2, 0.25) is 0 Å². The van der Waals surface area contributed by atoms with Crippen molar-refractivity contribution in [1.82, 2.24) is 0 Å². The maximum atomic E-state index is 10.3. The lowest BCUT2D eigenvalue weighted by Crippen LogP contribution is -2.31. The van der Waals surface area contributed by atoms with E-state index in [2.05, 4.69) is 13.0 Å². The van der Waals surface area contributed by atoms with Crippen LogP contribution in [0.2, 0.25) is 0 Å². The second-order valence-corrected chi connectivity index (χ2v) is 6.73. The molecule has 1 N–H and O–H groups in total. The average molecular weight is 273 g/mol. The second-order valence-electron chi connectivity index (χ2n) is 6.73. The van der Waals surface area contributed by atoms with Crippen LogP contribution in [-0.4, -0.2) is 11.2 Å². The molecule has 2 atom stereocenters. The predicted molar refractivity (Wildman–Crippen MR) is 83.3 cm³/mol. The maximum absolute atomic E-state index is 10.3. The molecule has 2 heteroatoms. The van der Waals surface area contributed by atoms with Crippen LogP contribution in [0, 0.1) is 16.7 Å². The molecule has 0 heterocycles. The van der Waals surface area contributed by atoms with Gasteiger partial charge >= 0.3 is 0 Å². The molecule has 0 unspecified atom stereocenters. The van der Waals surface area contributed by atoms with E-state index in [9.17, 15) is 10.4 Å². The van der Waals surface area contributed by atoms with Crippen molar-refractivity contribution in [2.24, 2.45) is 5.41 Å². The zero-order chi connectivity index (χ0) is 15.2. The number of benzene rings is 1. The van der Waals surface area contributed by atoms with Gasteiger partial charge < -0.3 is 5.11 Å². The fraction of sp³-hybridized carbons (Fsp3) is 0.611. The summed E-state index contributed by atoms with van der Waals surface area (Å²) < 4.78 is 0. The number of hydrogen-bond acceptors (Lipinski definition) is 2. The highest BCUT2D eigenvalue weighted by atomic mass is 16.3. The molecule has 0 saturated heterocycles. The molecule has 0 aliphatic carbocycles. The predicted octanol–water partition coefficient (Wildman–Crippen LogP) is 4.44. The minimum atomic E-state index is -0.470. The number of nitrogens with zero attached hydrogens (tertiary/aromatic N) is 1. The van der Waals surface area contributed by atoms with Gasteiger partial charge in [0.15, 0.2) is 0 Å². The largest absolute Gasteiger partial charge is 0.393 e. The molecule has 1 rings (SSSR count). The van der Waals surface area contributed by atoms with E-state index in [0.717, 1.165) is 18.4 Å². The molecule has 1 aromatic rings. The Morgan fingerprint density at radius 2 is 1.75 bits per heavy atom. The minimum Gasteiger partial charge on any atom is -0.393 e. The van der Waals surface area contributed by atoms with Gasteiger partial charge in [-0.25, -0.2) is 0 Å². The van der Waals surface area contributed by atoms with Crippen LogP contribution >= 0.6 is 0 Å². The number of nitriles is 1. The first-order chi connectivity index (χ1) is 9.35. The fourth-order valence-electron chi connectivity index (χ4n) is 2.59. The van der Waals surface area contributed by atoms with Gasteiger partial charge in [0.1, 0.15) is 0 Å². The Morgan fingerprint density at radius 1 is 1.15 bits per heavy atom. The number of aliphatic hydroxyl groups excluding tert-OH is 1. The molecule has 0 radical (unpaired) electrons. The van der Waals surface area contributed by atoms with Gasteiger partial charge in [-0.15, -0.1) is 0 Å². The molecule has 0 fully saturated rings. The molecule has 2 nitrogen and oxygen atoms in total. The molecule has 0 bridgehead atoms. The van der Waals surface area contributed by atoms with Crippen molar-refractivity contribution in [3.05, 3.63) is 35.9 Å². The highest BCUT2D eigenvalue weighted by molar-refractivity contribution is 5.32. The number of rotatable bonds is 6. The third kappa shape index (κ3) is 4.08. The van der Waals surface area contributed by atoms with Crippen LogP contribution in [0.15, 0.2) is 30.3 Å². The summed E-state index contributed by atoms with van der Waals surface area (Å²) in [7, 11) is 0. The van der Waals surface area contributed by atoms with E-state index in [1.54, 1.807) is 0 Å². The molecule has 0 saturated carbocycles. The molecule has 0 aliphatic rings. The van der Waals surface area contributed by atoms with E-state index >= 15 is 0 Å². The van der Waals surface area contributed by atoms with E-state index in [0.29, 0.717) is 12.8 Å². The molecule has 0 amide bonds. The Morgan fingerprint density at radius 3 is 2.20 bits per heavy atom. The van der Waals surface area contributed by atoms with Crippen molar-refractivity contribution < 1.29 is 5.11 Å². The molecule has 0 spiro atoms. The Kier molecular flexibility index (Phi) is 5.77. The zero-order valence-corrected chi connectivity index (χ0v) is 13.2. The molecular formula is C18H27NO. The van der Waals surface area contributed by atoms with Gasteiger partial charge in [-0.05, 0) is 30.2 Å². The first kappa shape index (κ1) is 16.7. The Labute approximate surface area is 123 Å². The summed E-state index contributed by atoms with van der Waals surface area (Å²) in [6, 6.07) is 12.5. The van der Waals surface area contributed by atoms with E-state index in [1.807, 2.05) is 51.1 Å². The van der Waals surface area contributed by atoms with Crippen LogP contribution in [-0.2, 0) is 5.41 Å². The lowest BCUT2D eigenvalue weighted by molar-refractivity contribution is 0.0496. The molecule has 110 valence electrons. The SMILES string of the molecule is CCC[C@@](C#N)(CC[C@H](O)C(C)(C)C)c1ccccc1. The van der Waals surface area contributed by atoms with Crippen LogP contribution in [0.3, 0.4) is 0 Å². The molecule has 0 aromatic heterocycles. The topological polar surface area (TPSA) is 44.0 Å². The van der Waals surface area contributed by atoms with Crippen LogP contribution < -0.4 is 0 Å². The van der Waals surface area contributed by atoms with Crippen molar-refractivity contribution in [2.75, 3.05) is 0 Å². The highest BCUT2D eigenvalue weighted by Crippen LogP contribution is 2.36. The first-order valence-corrected chi connectivity index (χ1v) is 7.50. The van der Waals surface area contributed by atoms with Crippen molar-refractivity contribution in [3.8, 4) is 6.07 Å². The lowest BCUT2D eigenvalue weighted by Gasteiger charge is -2.31. The van der Waals surface area contributed by atoms with E-state index < -0.39 is 5.41 Å². The zero-order valence-electron chi connectivity index (χ0n) is 13.2. The van der Waals surface area contributed by atoms with Crippen molar-refractivity contribution in [2.45, 2.75) is 64.9 Å². The summed E-state index contributed by atoms with van der Waals surface area (Å²) in [5.41, 5.74) is 0.470. The van der Waals surface area contributed by atoms with Crippen molar-refractivity contribution in [1.29, 1.82) is 5.26 Å². The van der Waals surface area contributed by atoms with Gasteiger partial charge in [-0.1, -0.05) is 64.4 Å².